The molecule has 35 heavy (non-hydrogen) atoms. The van der Waals surface area contributed by atoms with E-state index in [0.717, 1.165) is 48.6 Å². The highest BCUT2D eigenvalue weighted by Crippen LogP contribution is 2.59. The molecule has 0 N–H and O–H groups in total. The molecular formula is C23H26ClF4N5OS. The van der Waals surface area contributed by atoms with Crippen molar-refractivity contribution in [2.75, 3.05) is 25.4 Å². The Hall–Kier alpha value is -2.11. The minimum atomic E-state index is -4.53. The number of nitrogens with zero attached hydrogens (tertiary/aromatic N) is 5. The molecule has 1 aliphatic carbocycles. The molecule has 1 saturated carbocycles. The Kier molecular flexibility index (Phi) is 6.98. The molecule has 6 nitrogen and oxygen atoms in total. The van der Waals surface area contributed by atoms with E-state index in [0.29, 0.717) is 41.6 Å². The van der Waals surface area contributed by atoms with Gasteiger partial charge in [-0.3, -0.25) is 0 Å². The molecular weight excluding hydrogens is 506 g/mol. The number of hydrogen-bond acceptors (Lipinski definition) is 6. The first kappa shape index (κ1) is 26.0. The van der Waals surface area contributed by atoms with Crippen molar-refractivity contribution in [3.05, 3.63) is 46.7 Å². The SMILES string of the molecule is Cc1nc(C)c(-c2nnc(SCCCN3C[C@@H]4C[C@]4(c4ccc(C(F)(F)F)cc4F)C3)n2C)o1.Cl. The lowest BCUT2D eigenvalue weighted by Gasteiger charge is -2.21. The fourth-order valence-corrected chi connectivity index (χ4v) is 5.93. The number of benzene rings is 1. The van der Waals surface area contributed by atoms with Crippen LogP contribution in [0.2, 0.25) is 0 Å². The molecule has 0 amide bonds. The number of oxazole rings is 1. The van der Waals surface area contributed by atoms with Gasteiger partial charge in [0.05, 0.1) is 11.3 Å². The van der Waals surface area contributed by atoms with Crippen molar-refractivity contribution in [1.82, 2.24) is 24.6 Å². The van der Waals surface area contributed by atoms with Crippen LogP contribution in [0.4, 0.5) is 17.6 Å². The summed E-state index contributed by atoms with van der Waals surface area (Å²) < 4.78 is 60.7. The number of aromatic nitrogens is 4. The van der Waals surface area contributed by atoms with Crippen molar-refractivity contribution in [2.24, 2.45) is 13.0 Å². The quantitative estimate of drug-likeness (QED) is 0.230. The minimum Gasteiger partial charge on any atom is -0.437 e. The van der Waals surface area contributed by atoms with E-state index in [1.165, 1.54) is 6.07 Å². The number of aryl methyl sites for hydroxylation is 2. The van der Waals surface area contributed by atoms with Gasteiger partial charge in [-0.1, -0.05) is 17.8 Å². The van der Waals surface area contributed by atoms with Gasteiger partial charge in [0.25, 0.3) is 0 Å². The van der Waals surface area contributed by atoms with Gasteiger partial charge in [0, 0.05) is 38.2 Å². The number of likely N-dealkylation sites (tertiary alicyclic amines) is 1. The lowest BCUT2D eigenvalue weighted by Crippen LogP contribution is -2.28. The molecule has 0 unspecified atom stereocenters. The zero-order chi connectivity index (χ0) is 24.3. The van der Waals surface area contributed by atoms with Crippen LogP contribution in [0, 0.1) is 25.6 Å². The molecule has 0 radical (unpaired) electrons. The van der Waals surface area contributed by atoms with Gasteiger partial charge in [-0.25, -0.2) is 9.37 Å². The van der Waals surface area contributed by atoms with Crippen molar-refractivity contribution >= 4 is 24.2 Å². The summed E-state index contributed by atoms with van der Waals surface area (Å²) in [6, 6.07) is 2.97. The van der Waals surface area contributed by atoms with E-state index in [9.17, 15) is 17.6 Å². The molecule has 1 saturated heterocycles. The minimum absolute atomic E-state index is 0. The van der Waals surface area contributed by atoms with Crippen molar-refractivity contribution < 1.29 is 22.0 Å². The van der Waals surface area contributed by atoms with Crippen molar-refractivity contribution in [3.63, 3.8) is 0 Å². The first-order chi connectivity index (χ1) is 16.1. The van der Waals surface area contributed by atoms with Gasteiger partial charge in [-0.05, 0) is 49.9 Å². The number of rotatable bonds is 7. The van der Waals surface area contributed by atoms with E-state index in [2.05, 4.69) is 20.1 Å². The van der Waals surface area contributed by atoms with Crippen LogP contribution in [0.3, 0.4) is 0 Å². The summed E-state index contributed by atoms with van der Waals surface area (Å²) in [6.45, 7) is 6.04. The zero-order valence-electron chi connectivity index (χ0n) is 19.5. The number of halogens is 5. The Labute approximate surface area is 210 Å². The summed E-state index contributed by atoms with van der Waals surface area (Å²) in [5.41, 5.74) is -0.0790. The van der Waals surface area contributed by atoms with Gasteiger partial charge in [0.15, 0.2) is 16.8 Å². The number of thioether (sulfide) groups is 1. The summed E-state index contributed by atoms with van der Waals surface area (Å²) >= 11 is 1.61. The van der Waals surface area contributed by atoms with Crippen molar-refractivity contribution in [1.29, 1.82) is 0 Å². The molecule has 2 aliphatic rings. The Balaban J connectivity index is 0.00000289. The topological polar surface area (TPSA) is 60.0 Å². The summed E-state index contributed by atoms with van der Waals surface area (Å²) in [7, 11) is 1.89. The fourth-order valence-electron chi connectivity index (χ4n) is 5.10. The van der Waals surface area contributed by atoms with Gasteiger partial charge in [0.2, 0.25) is 5.82 Å². The van der Waals surface area contributed by atoms with Gasteiger partial charge in [-0.2, -0.15) is 13.2 Å². The summed E-state index contributed by atoms with van der Waals surface area (Å²) in [5.74, 6) is 2.24. The molecule has 2 atom stereocenters. The summed E-state index contributed by atoms with van der Waals surface area (Å²) in [4.78, 5) is 6.57. The third kappa shape index (κ3) is 4.82. The average molecular weight is 532 g/mol. The number of hydrogen-bond donors (Lipinski definition) is 0. The molecule has 5 rings (SSSR count). The summed E-state index contributed by atoms with van der Waals surface area (Å²) in [6.07, 6.45) is -2.79. The van der Waals surface area contributed by atoms with E-state index < -0.39 is 17.6 Å². The molecule has 1 aliphatic heterocycles. The normalized spacial score (nSPS) is 21.7. The van der Waals surface area contributed by atoms with E-state index in [1.54, 1.807) is 18.7 Å². The van der Waals surface area contributed by atoms with E-state index in [1.807, 2.05) is 18.5 Å². The van der Waals surface area contributed by atoms with Gasteiger partial charge in [0.1, 0.15) is 5.82 Å². The molecule has 1 aromatic carbocycles. The lowest BCUT2D eigenvalue weighted by molar-refractivity contribution is -0.137. The van der Waals surface area contributed by atoms with Crippen LogP contribution in [-0.4, -0.2) is 50.0 Å². The van der Waals surface area contributed by atoms with Gasteiger partial charge < -0.3 is 13.9 Å². The third-order valence-corrected chi connectivity index (χ3v) is 7.95. The number of fused-ring (bicyclic) bond motifs is 1. The average Bonchev–Trinajstić information content (AvgIpc) is 3.00. The fraction of sp³-hybridized carbons (Fsp3) is 0.522. The molecule has 3 heterocycles. The number of alkyl halides is 3. The first-order valence-corrected chi connectivity index (χ1v) is 12.1. The highest BCUT2D eigenvalue weighted by molar-refractivity contribution is 7.99. The predicted octanol–water partition coefficient (Wildman–Crippen LogP) is 5.42. The van der Waals surface area contributed by atoms with E-state index in [4.69, 9.17) is 4.42 Å². The maximum atomic E-state index is 14.6. The first-order valence-electron chi connectivity index (χ1n) is 11.1. The van der Waals surface area contributed by atoms with Crippen molar-refractivity contribution in [2.45, 2.75) is 43.4 Å². The van der Waals surface area contributed by atoms with Crippen LogP contribution in [0.5, 0.6) is 0 Å². The third-order valence-electron chi connectivity index (χ3n) is 6.84. The Morgan fingerprint density at radius 2 is 2.00 bits per heavy atom. The zero-order valence-corrected chi connectivity index (χ0v) is 21.2. The largest absolute Gasteiger partial charge is 0.437 e. The molecule has 0 bridgehead atoms. The highest BCUT2D eigenvalue weighted by atomic mass is 35.5. The Morgan fingerprint density at radius 3 is 2.66 bits per heavy atom. The monoisotopic (exact) mass is 531 g/mol. The molecule has 12 heteroatoms. The van der Waals surface area contributed by atoms with Crippen LogP contribution in [0.25, 0.3) is 11.6 Å². The Bertz CT molecular complexity index is 1230. The molecule has 3 aromatic rings. The second-order valence-electron chi connectivity index (χ2n) is 9.20. The van der Waals surface area contributed by atoms with Gasteiger partial charge in [-0.15, -0.1) is 22.6 Å². The van der Waals surface area contributed by atoms with Crippen LogP contribution in [0.15, 0.2) is 27.8 Å². The second-order valence-corrected chi connectivity index (χ2v) is 10.3. The van der Waals surface area contributed by atoms with E-state index >= 15 is 0 Å². The summed E-state index contributed by atoms with van der Waals surface area (Å²) in [5, 5.41) is 9.30. The second kappa shape index (κ2) is 9.40. The predicted molar refractivity (Wildman–Crippen MR) is 126 cm³/mol. The number of piperidine rings is 1. The molecule has 2 aromatic heterocycles. The van der Waals surface area contributed by atoms with E-state index in [-0.39, 0.29) is 17.8 Å². The lowest BCUT2D eigenvalue weighted by atomic mass is 9.93. The van der Waals surface area contributed by atoms with Crippen LogP contribution < -0.4 is 0 Å². The maximum Gasteiger partial charge on any atom is 0.416 e. The van der Waals surface area contributed by atoms with Crippen LogP contribution in [-0.2, 0) is 18.6 Å². The van der Waals surface area contributed by atoms with Gasteiger partial charge >= 0.3 is 6.18 Å². The Morgan fingerprint density at radius 1 is 1.23 bits per heavy atom. The molecule has 0 spiro atoms. The smallest absolute Gasteiger partial charge is 0.416 e. The maximum absolute atomic E-state index is 14.6. The van der Waals surface area contributed by atoms with Crippen LogP contribution >= 0.6 is 24.2 Å². The highest BCUT2D eigenvalue weighted by Gasteiger charge is 2.61. The standard InChI is InChI=1S/C23H25F4N5OS.ClH/c1-13-19(33-14(2)28-13)20-29-30-21(31(20)3)34-8-4-7-32-11-16-10-22(16,12-32)17-6-5-15(9-18(17)24)23(25,26)27;/h5-6,9,16H,4,7-8,10-12H2,1-3H3;1H/t16-,22-;/m0./s1. The molecule has 190 valence electrons. The van der Waals surface area contributed by atoms with Crippen molar-refractivity contribution in [3.8, 4) is 11.6 Å². The molecule has 2 fully saturated rings. The van der Waals surface area contributed by atoms with Crippen LogP contribution in [0.1, 0.15) is 35.6 Å².